The first-order chi connectivity index (χ1) is 3.73. The Bertz CT molecular complexity index is 81.1. The molecular weight excluding hydrogens is 516 g/mol. The number of nitrogens with one attached hydrogen (secondary N) is 1. The zero-order chi connectivity index (χ0) is 8.08. The molecule has 0 heterocycles. The Kier molecular flexibility index (Phi) is 10.7. The standard InChI is InChI=1S/CH3IN2.4ClH.Pb/c2-1(3)4;;;;;/h(H3,3,4);4*1H;/q;;;;;+4/p-4. The van der Waals surface area contributed by atoms with Gasteiger partial charge in [0.2, 0.25) is 0 Å². The molecule has 0 amide bonds. The fourth-order valence-electron chi connectivity index (χ4n) is 0. The monoisotopic (exact) mass is 518 g/mol. The van der Waals surface area contributed by atoms with Gasteiger partial charge in [-0.25, -0.2) is 0 Å². The van der Waals surface area contributed by atoms with Gasteiger partial charge < -0.3 is 5.73 Å². The van der Waals surface area contributed by atoms with Crippen LogP contribution < -0.4 is 5.73 Å². The number of rotatable bonds is 0. The van der Waals surface area contributed by atoms with Crippen LogP contribution in [0.1, 0.15) is 0 Å². The number of hydrogen-bond donors (Lipinski definition) is 2. The van der Waals surface area contributed by atoms with Crippen molar-refractivity contribution in [2.75, 3.05) is 0 Å². The number of hydrogen-bond acceptors (Lipinski definition) is 1. The SMILES string of the molecule is N=C(N)I.[Cl][Pb]([Cl])([Cl])[Cl]. The molecule has 2 nitrogen and oxygen atoms in total. The molecule has 3 N–H and O–H groups in total. The molecule has 0 radical (unpaired) electrons. The van der Waals surface area contributed by atoms with E-state index in [-0.39, 0.29) is 3.84 Å². The van der Waals surface area contributed by atoms with Crippen molar-refractivity contribution in [1.82, 2.24) is 0 Å². The summed E-state index contributed by atoms with van der Waals surface area (Å²) in [6.45, 7) is 0. The van der Waals surface area contributed by atoms with Gasteiger partial charge >= 0.3 is 49.5 Å². The molecule has 0 rings (SSSR count). The van der Waals surface area contributed by atoms with Crippen LogP contribution in [0.4, 0.5) is 0 Å². The first kappa shape index (κ1) is 13.8. The molecule has 9 heavy (non-hydrogen) atoms. The zero-order valence-corrected chi connectivity index (χ0v) is 13.0. The van der Waals surface area contributed by atoms with Gasteiger partial charge in [-0.15, -0.1) is 0 Å². The Morgan fingerprint density at radius 1 is 1.33 bits per heavy atom. The maximum absolute atomic E-state index is 6.26. The molecule has 0 aromatic carbocycles. The van der Waals surface area contributed by atoms with E-state index in [9.17, 15) is 0 Å². The predicted octanol–water partition coefficient (Wildman–Crippen LogP) is 2.69. The molecular formula is CH3Cl4IN2Pb. The summed E-state index contributed by atoms with van der Waals surface area (Å²) < 4.78 is 0.137. The summed E-state index contributed by atoms with van der Waals surface area (Å²) in [7, 11) is 20.2. The molecule has 0 unspecified atom stereocenters. The topological polar surface area (TPSA) is 49.9 Å². The van der Waals surface area contributed by atoms with Crippen molar-refractivity contribution < 1.29 is 0 Å². The number of nitrogens with two attached hydrogens (primary N) is 1. The van der Waals surface area contributed by atoms with Crippen molar-refractivity contribution in [3.63, 3.8) is 0 Å². The minimum atomic E-state index is -3.39. The second-order valence-electron chi connectivity index (χ2n) is 0.777. The molecule has 0 spiro atoms. The molecule has 0 atom stereocenters. The molecule has 0 aromatic rings. The molecule has 0 aliphatic heterocycles. The van der Waals surface area contributed by atoms with E-state index in [1.54, 1.807) is 22.6 Å². The Labute approximate surface area is 85.5 Å². The molecule has 0 saturated heterocycles. The number of amidine groups is 1. The van der Waals surface area contributed by atoms with Crippen molar-refractivity contribution in [3.05, 3.63) is 0 Å². The van der Waals surface area contributed by atoms with Crippen LogP contribution in [0.15, 0.2) is 0 Å². The van der Waals surface area contributed by atoms with E-state index in [2.05, 4.69) is 5.73 Å². The van der Waals surface area contributed by atoms with Crippen LogP contribution in [0.2, 0.25) is 0 Å². The van der Waals surface area contributed by atoms with Crippen molar-refractivity contribution in [2.45, 2.75) is 0 Å². The van der Waals surface area contributed by atoms with E-state index in [4.69, 9.17) is 38.7 Å². The van der Waals surface area contributed by atoms with Crippen molar-refractivity contribution >= 4 is 76.0 Å². The molecule has 0 aliphatic carbocycles. The molecule has 0 fully saturated rings. The first-order valence-corrected chi connectivity index (χ1v) is 21.7. The van der Waals surface area contributed by atoms with Gasteiger partial charge in [-0.3, -0.25) is 5.41 Å². The van der Waals surface area contributed by atoms with E-state index in [0.717, 1.165) is 0 Å². The van der Waals surface area contributed by atoms with Crippen LogP contribution in [0, 0.1) is 5.41 Å². The molecule has 0 bridgehead atoms. The molecule has 0 aliphatic rings. The second-order valence-corrected chi connectivity index (χ2v) is 35.4. The summed E-state index contributed by atoms with van der Waals surface area (Å²) in [5, 5.41) is 6.26. The van der Waals surface area contributed by atoms with E-state index < -0.39 is 16.3 Å². The third-order valence-electron chi connectivity index (χ3n) is 0. The normalized spacial score (nSPS) is 9.44. The van der Waals surface area contributed by atoms with Crippen molar-refractivity contribution in [1.29, 1.82) is 5.41 Å². The van der Waals surface area contributed by atoms with E-state index in [1.165, 1.54) is 0 Å². The van der Waals surface area contributed by atoms with Crippen LogP contribution >= 0.6 is 55.9 Å². The van der Waals surface area contributed by atoms with E-state index in [0.29, 0.717) is 0 Å². The first-order valence-electron chi connectivity index (χ1n) is 1.48. The van der Waals surface area contributed by atoms with Crippen LogP contribution in [0.5, 0.6) is 0 Å². The molecule has 0 saturated carbocycles. The number of halogens is 5. The summed E-state index contributed by atoms with van der Waals surface area (Å²) >= 11 is -1.68. The average molecular weight is 519 g/mol. The van der Waals surface area contributed by atoms with Crippen LogP contribution in [-0.4, -0.2) is 20.1 Å². The van der Waals surface area contributed by atoms with Crippen molar-refractivity contribution in [3.8, 4) is 0 Å². The Morgan fingerprint density at radius 3 is 1.33 bits per heavy atom. The second kappa shape index (κ2) is 6.96. The average Bonchev–Trinajstić information content (AvgIpc) is 1.19. The van der Waals surface area contributed by atoms with E-state index in [1.807, 2.05) is 0 Å². The quantitative estimate of drug-likeness (QED) is 0.167. The molecule has 0 aromatic heterocycles. The van der Waals surface area contributed by atoms with Gasteiger partial charge in [0.05, 0.1) is 0 Å². The van der Waals surface area contributed by atoms with Crippen molar-refractivity contribution in [2.24, 2.45) is 5.73 Å². The zero-order valence-electron chi connectivity index (χ0n) is 3.97. The predicted molar refractivity (Wildman–Crippen MR) is 55.1 cm³/mol. The van der Waals surface area contributed by atoms with Gasteiger partial charge in [-0.1, -0.05) is 0 Å². The Morgan fingerprint density at radius 2 is 1.33 bits per heavy atom. The summed E-state index contributed by atoms with van der Waals surface area (Å²) in [6.07, 6.45) is 0. The van der Waals surface area contributed by atoms with Crippen LogP contribution in [0.25, 0.3) is 0 Å². The maximum atomic E-state index is 6.26. The van der Waals surface area contributed by atoms with Crippen LogP contribution in [0.3, 0.4) is 0 Å². The third-order valence-corrected chi connectivity index (χ3v) is 0. The van der Waals surface area contributed by atoms with Crippen LogP contribution in [-0.2, 0) is 0 Å². The fraction of sp³-hybridized carbons (Fsp3) is 0. The summed E-state index contributed by atoms with van der Waals surface area (Å²) in [6, 6.07) is 0. The van der Waals surface area contributed by atoms with Gasteiger partial charge in [0, 0.05) is 0 Å². The minimum absolute atomic E-state index is 0.137. The summed E-state index contributed by atoms with van der Waals surface area (Å²) in [4.78, 5) is 0. The van der Waals surface area contributed by atoms with Gasteiger partial charge in [0.25, 0.3) is 0 Å². The molecule has 56 valence electrons. The Balaban J connectivity index is 0. The van der Waals surface area contributed by atoms with Gasteiger partial charge in [-0.2, -0.15) is 0 Å². The summed E-state index contributed by atoms with van der Waals surface area (Å²) in [5.74, 6) is 0. The van der Waals surface area contributed by atoms with E-state index >= 15 is 0 Å². The fourth-order valence-corrected chi connectivity index (χ4v) is 0. The third kappa shape index (κ3) is 135. The van der Waals surface area contributed by atoms with Gasteiger partial charge in [-0.05, 0) is 22.6 Å². The summed E-state index contributed by atoms with van der Waals surface area (Å²) in [5.41, 5.74) is 4.68. The Hall–Kier alpha value is 2.28. The van der Waals surface area contributed by atoms with Gasteiger partial charge in [0.1, 0.15) is 0 Å². The van der Waals surface area contributed by atoms with Gasteiger partial charge in [0.15, 0.2) is 3.84 Å². The molecule has 8 heteroatoms.